The molecule has 0 fully saturated rings. The number of nitrogens with one attached hydrogen (secondary N) is 1. The number of pyridine rings is 1. The second-order valence-corrected chi connectivity index (χ2v) is 10.2. The van der Waals surface area contributed by atoms with Crippen molar-refractivity contribution < 1.29 is 16.8 Å². The number of sulfonamides is 1. The lowest BCUT2D eigenvalue weighted by Gasteiger charge is -2.12. The normalized spacial score (nSPS) is 12.1. The molecule has 2 aromatic carbocycles. The minimum atomic E-state index is -3.92. The van der Waals surface area contributed by atoms with Gasteiger partial charge in [-0.2, -0.15) is 0 Å². The SMILES string of the molecule is Cc1ccc(S(=O)(=O)c2ccc(Cl)cc2)cc1S(=O)(=O)NCc1cccnc1. The van der Waals surface area contributed by atoms with Gasteiger partial charge in [0.15, 0.2) is 0 Å². The number of sulfone groups is 1. The van der Waals surface area contributed by atoms with Crippen LogP contribution in [0.5, 0.6) is 0 Å². The fraction of sp³-hybridized carbons (Fsp3) is 0.105. The van der Waals surface area contributed by atoms with E-state index < -0.39 is 19.9 Å². The molecule has 3 aromatic rings. The Morgan fingerprint density at radius 3 is 2.29 bits per heavy atom. The first-order valence-corrected chi connectivity index (χ1v) is 11.5. The van der Waals surface area contributed by atoms with E-state index in [0.717, 1.165) is 0 Å². The van der Waals surface area contributed by atoms with Gasteiger partial charge in [-0.15, -0.1) is 0 Å². The zero-order chi connectivity index (χ0) is 20.4. The maximum absolute atomic E-state index is 12.8. The summed E-state index contributed by atoms with van der Waals surface area (Å²) in [7, 11) is -7.81. The minimum Gasteiger partial charge on any atom is -0.264 e. The first kappa shape index (κ1) is 20.5. The highest BCUT2D eigenvalue weighted by Crippen LogP contribution is 2.26. The predicted molar refractivity (Wildman–Crippen MR) is 106 cm³/mol. The van der Waals surface area contributed by atoms with Crippen molar-refractivity contribution in [1.82, 2.24) is 9.71 Å². The van der Waals surface area contributed by atoms with Crippen molar-refractivity contribution in [3.8, 4) is 0 Å². The van der Waals surface area contributed by atoms with Crippen LogP contribution in [-0.4, -0.2) is 21.8 Å². The van der Waals surface area contributed by atoms with E-state index in [-0.39, 0.29) is 21.2 Å². The number of hydrogen-bond donors (Lipinski definition) is 1. The van der Waals surface area contributed by atoms with Crippen molar-refractivity contribution in [2.24, 2.45) is 0 Å². The molecule has 6 nitrogen and oxygen atoms in total. The smallest absolute Gasteiger partial charge is 0.241 e. The second-order valence-electron chi connectivity index (χ2n) is 6.07. The summed E-state index contributed by atoms with van der Waals surface area (Å²) in [4.78, 5) is 3.77. The van der Waals surface area contributed by atoms with E-state index in [2.05, 4.69) is 9.71 Å². The lowest BCUT2D eigenvalue weighted by atomic mass is 10.2. The van der Waals surface area contributed by atoms with Gasteiger partial charge in [-0.25, -0.2) is 21.6 Å². The average molecular weight is 437 g/mol. The molecule has 0 bridgehead atoms. The van der Waals surface area contributed by atoms with Gasteiger partial charge in [0.1, 0.15) is 0 Å². The molecule has 146 valence electrons. The van der Waals surface area contributed by atoms with Crippen LogP contribution in [0, 0.1) is 6.92 Å². The molecule has 0 aliphatic carbocycles. The van der Waals surface area contributed by atoms with Crippen molar-refractivity contribution in [3.05, 3.63) is 83.1 Å². The second kappa shape index (κ2) is 8.00. The maximum atomic E-state index is 12.8. The molecule has 0 saturated carbocycles. The monoisotopic (exact) mass is 436 g/mol. The van der Waals surface area contributed by atoms with Crippen molar-refractivity contribution in [2.75, 3.05) is 0 Å². The molecular formula is C19H17ClN2O4S2. The van der Waals surface area contributed by atoms with Gasteiger partial charge < -0.3 is 0 Å². The summed E-state index contributed by atoms with van der Waals surface area (Å²) in [6, 6.07) is 13.2. The summed E-state index contributed by atoms with van der Waals surface area (Å²) in [5.74, 6) is 0. The minimum absolute atomic E-state index is 0.0346. The zero-order valence-electron chi connectivity index (χ0n) is 14.8. The number of halogens is 1. The van der Waals surface area contributed by atoms with Gasteiger partial charge in [0.2, 0.25) is 19.9 Å². The van der Waals surface area contributed by atoms with Crippen LogP contribution < -0.4 is 4.72 Å². The zero-order valence-corrected chi connectivity index (χ0v) is 17.2. The van der Waals surface area contributed by atoms with Gasteiger partial charge >= 0.3 is 0 Å². The number of hydrogen-bond acceptors (Lipinski definition) is 5. The van der Waals surface area contributed by atoms with E-state index in [0.29, 0.717) is 16.1 Å². The van der Waals surface area contributed by atoms with E-state index >= 15 is 0 Å². The van der Waals surface area contributed by atoms with Crippen molar-refractivity contribution in [3.63, 3.8) is 0 Å². The molecule has 0 saturated heterocycles. The molecule has 0 unspecified atom stereocenters. The van der Waals surface area contributed by atoms with Crippen molar-refractivity contribution >= 4 is 31.5 Å². The third-order valence-corrected chi connectivity index (χ3v) is 7.63. The molecular weight excluding hydrogens is 420 g/mol. The molecule has 9 heteroatoms. The number of aromatic nitrogens is 1. The van der Waals surface area contributed by atoms with Crippen LogP contribution in [0.1, 0.15) is 11.1 Å². The van der Waals surface area contributed by atoms with Gasteiger partial charge in [-0.05, 0) is 60.5 Å². The number of aryl methyl sites for hydroxylation is 1. The average Bonchev–Trinajstić information content (AvgIpc) is 2.68. The molecule has 1 aromatic heterocycles. The topological polar surface area (TPSA) is 93.2 Å². The van der Waals surface area contributed by atoms with Crippen molar-refractivity contribution in [1.29, 1.82) is 0 Å². The van der Waals surface area contributed by atoms with Crippen LogP contribution in [0.15, 0.2) is 81.7 Å². The van der Waals surface area contributed by atoms with E-state index in [1.54, 1.807) is 31.5 Å². The Kier molecular flexibility index (Phi) is 5.85. The van der Waals surface area contributed by atoms with E-state index in [4.69, 9.17) is 11.6 Å². The third-order valence-electron chi connectivity index (χ3n) is 4.07. The number of benzene rings is 2. The molecule has 28 heavy (non-hydrogen) atoms. The highest BCUT2D eigenvalue weighted by Gasteiger charge is 2.23. The fourth-order valence-electron chi connectivity index (χ4n) is 2.55. The molecule has 0 aliphatic rings. The van der Waals surface area contributed by atoms with Crippen LogP contribution in [-0.2, 0) is 26.4 Å². The van der Waals surface area contributed by atoms with Crippen LogP contribution in [0.3, 0.4) is 0 Å². The molecule has 3 rings (SSSR count). The maximum Gasteiger partial charge on any atom is 0.241 e. The summed E-state index contributed by atoms with van der Waals surface area (Å²) >= 11 is 5.81. The lowest BCUT2D eigenvalue weighted by Crippen LogP contribution is -2.24. The Labute approximate surface area is 169 Å². The van der Waals surface area contributed by atoms with Crippen molar-refractivity contribution in [2.45, 2.75) is 28.2 Å². The third kappa shape index (κ3) is 4.41. The number of nitrogens with zero attached hydrogens (tertiary/aromatic N) is 1. The van der Waals surface area contributed by atoms with Gasteiger partial charge in [0.05, 0.1) is 14.7 Å². The van der Waals surface area contributed by atoms with Gasteiger partial charge in [0, 0.05) is 24.0 Å². The summed E-state index contributed by atoms with van der Waals surface area (Å²) in [5, 5.41) is 0.408. The van der Waals surface area contributed by atoms with E-state index in [1.807, 2.05) is 0 Å². The Morgan fingerprint density at radius 2 is 1.64 bits per heavy atom. The Morgan fingerprint density at radius 1 is 0.964 bits per heavy atom. The first-order valence-electron chi connectivity index (χ1n) is 8.20. The number of rotatable bonds is 6. The Balaban J connectivity index is 1.95. The predicted octanol–water partition coefficient (Wildman–Crippen LogP) is 3.35. The van der Waals surface area contributed by atoms with E-state index in [9.17, 15) is 16.8 Å². The molecule has 0 aliphatic heterocycles. The first-order chi connectivity index (χ1) is 13.2. The van der Waals surface area contributed by atoms with Crippen LogP contribution in [0.4, 0.5) is 0 Å². The standard InChI is InChI=1S/C19H17ClN2O4S2/c1-14-4-7-18(27(23,24)17-8-5-16(20)6-9-17)11-19(14)28(25,26)22-13-15-3-2-10-21-12-15/h2-12,22H,13H2,1H3. The fourth-order valence-corrected chi connectivity index (χ4v) is 5.32. The molecule has 0 radical (unpaired) electrons. The highest BCUT2D eigenvalue weighted by atomic mass is 35.5. The summed E-state index contributed by atoms with van der Waals surface area (Å²) in [6.45, 7) is 1.65. The molecule has 0 amide bonds. The largest absolute Gasteiger partial charge is 0.264 e. The van der Waals surface area contributed by atoms with Crippen LogP contribution in [0.2, 0.25) is 5.02 Å². The van der Waals surface area contributed by atoms with Crippen LogP contribution >= 0.6 is 11.6 Å². The molecule has 1 heterocycles. The molecule has 0 spiro atoms. The molecule has 0 atom stereocenters. The Hall–Kier alpha value is -2.26. The molecule has 1 N–H and O–H groups in total. The highest BCUT2D eigenvalue weighted by molar-refractivity contribution is 7.91. The quantitative estimate of drug-likeness (QED) is 0.639. The van der Waals surface area contributed by atoms with E-state index in [1.165, 1.54) is 42.5 Å². The van der Waals surface area contributed by atoms with Gasteiger partial charge in [-0.3, -0.25) is 4.98 Å². The van der Waals surface area contributed by atoms with Gasteiger partial charge in [-0.1, -0.05) is 23.7 Å². The Bertz CT molecular complexity index is 1190. The summed E-state index contributed by atoms with van der Waals surface area (Å²) in [5.41, 5.74) is 1.13. The summed E-state index contributed by atoms with van der Waals surface area (Å²) in [6.07, 6.45) is 3.14. The summed E-state index contributed by atoms with van der Waals surface area (Å²) < 4.78 is 53.7. The lowest BCUT2D eigenvalue weighted by molar-refractivity contribution is 0.580. The van der Waals surface area contributed by atoms with Crippen LogP contribution in [0.25, 0.3) is 0 Å². The van der Waals surface area contributed by atoms with Gasteiger partial charge in [0.25, 0.3) is 0 Å².